The molecule has 1 atom stereocenters. The molecule has 0 radical (unpaired) electrons. The number of urea groups is 1. The van der Waals surface area contributed by atoms with Gasteiger partial charge < -0.3 is 21.3 Å². The topological polar surface area (TPSA) is 150 Å². The van der Waals surface area contributed by atoms with Crippen molar-refractivity contribution in [2.45, 2.75) is 25.9 Å². The van der Waals surface area contributed by atoms with Crippen molar-refractivity contribution in [3.05, 3.63) is 35.4 Å². The highest BCUT2D eigenvalue weighted by molar-refractivity contribution is 6.08. The van der Waals surface area contributed by atoms with E-state index in [2.05, 4.69) is 5.32 Å². The van der Waals surface area contributed by atoms with Gasteiger partial charge in [0.1, 0.15) is 12.1 Å². The van der Waals surface area contributed by atoms with Gasteiger partial charge in [0.05, 0.1) is 0 Å². The van der Waals surface area contributed by atoms with Crippen molar-refractivity contribution >= 4 is 23.9 Å². The van der Waals surface area contributed by atoms with Crippen LogP contribution in [-0.4, -0.2) is 45.5 Å². The molecule has 1 aromatic carbocycles. The monoisotopic (exact) mass is 337 g/mol. The summed E-state index contributed by atoms with van der Waals surface area (Å²) in [4.78, 5) is 44.4. The highest BCUT2D eigenvalue weighted by Gasteiger charge is 2.49. The molecule has 130 valence electrons. The van der Waals surface area contributed by atoms with Gasteiger partial charge in [0.15, 0.2) is 0 Å². The van der Waals surface area contributed by atoms with Crippen LogP contribution in [0.5, 0.6) is 0 Å². The highest BCUT2D eigenvalue weighted by Crippen LogP contribution is 2.28. The summed E-state index contributed by atoms with van der Waals surface area (Å²) in [5.74, 6) is -2.65. The van der Waals surface area contributed by atoms with Crippen LogP contribution in [0, 0.1) is 0 Å². The van der Waals surface area contributed by atoms with Crippen LogP contribution in [0.3, 0.4) is 0 Å². The molecule has 1 aliphatic rings. The lowest BCUT2D eigenvalue weighted by atomic mass is 9.91. The molecule has 0 saturated carbocycles. The van der Waals surface area contributed by atoms with Gasteiger partial charge >= 0.3 is 12.0 Å². The number of amides is 3. The Morgan fingerprint density at radius 1 is 1.21 bits per heavy atom. The number of carboxylic acid groups (broad SMARTS) is 2. The van der Waals surface area contributed by atoms with Crippen LogP contribution in [0.25, 0.3) is 0 Å². The number of hydrogen-bond acceptors (Lipinski definition) is 5. The van der Waals surface area contributed by atoms with Crippen molar-refractivity contribution in [2.75, 3.05) is 6.54 Å². The van der Waals surface area contributed by atoms with E-state index in [-0.39, 0.29) is 0 Å². The lowest BCUT2D eigenvalue weighted by Crippen LogP contribution is -2.41. The molecule has 1 aromatic rings. The minimum absolute atomic E-state index is 0.377. The summed E-state index contributed by atoms with van der Waals surface area (Å²) < 4.78 is 0. The molecule has 5 N–H and O–H groups in total. The van der Waals surface area contributed by atoms with Crippen molar-refractivity contribution in [2.24, 2.45) is 5.73 Å². The summed E-state index contributed by atoms with van der Waals surface area (Å²) >= 11 is 0. The lowest BCUT2D eigenvalue weighted by Gasteiger charge is -2.22. The van der Waals surface area contributed by atoms with Crippen molar-refractivity contribution in [3.63, 3.8) is 0 Å². The Hall–Kier alpha value is -2.94. The van der Waals surface area contributed by atoms with E-state index in [0.29, 0.717) is 17.0 Å². The summed E-state index contributed by atoms with van der Waals surface area (Å²) in [5, 5.41) is 18.7. The molecule has 24 heavy (non-hydrogen) atoms. The van der Waals surface area contributed by atoms with Crippen molar-refractivity contribution in [1.82, 2.24) is 10.2 Å². The lowest BCUT2D eigenvalue weighted by molar-refractivity contribution is -0.142. The van der Waals surface area contributed by atoms with E-state index in [4.69, 9.17) is 20.7 Å². The summed E-state index contributed by atoms with van der Waals surface area (Å²) in [5.41, 5.74) is 5.74. The van der Waals surface area contributed by atoms with Crippen LogP contribution in [0.4, 0.5) is 4.79 Å². The van der Waals surface area contributed by atoms with Gasteiger partial charge in [-0.1, -0.05) is 24.3 Å². The average Bonchev–Trinajstić information content (AvgIpc) is 2.71. The normalized spacial score (nSPS) is 19.4. The molecule has 1 unspecified atom stereocenters. The van der Waals surface area contributed by atoms with Crippen molar-refractivity contribution < 1.29 is 29.4 Å². The van der Waals surface area contributed by atoms with Gasteiger partial charge in [-0.15, -0.1) is 0 Å². The van der Waals surface area contributed by atoms with E-state index in [1.54, 1.807) is 31.2 Å². The van der Waals surface area contributed by atoms with Crippen LogP contribution in [0.15, 0.2) is 24.3 Å². The van der Waals surface area contributed by atoms with Crippen LogP contribution in [0.1, 0.15) is 25.0 Å². The molecule has 0 aromatic heterocycles. The molecule has 3 amide bonds. The predicted molar refractivity (Wildman–Crippen MR) is 82.9 cm³/mol. The molecular formula is C15H19N3O6. The zero-order chi connectivity index (χ0) is 18.5. The Labute approximate surface area is 138 Å². The van der Waals surface area contributed by atoms with E-state index in [1.807, 2.05) is 0 Å². The molecule has 1 saturated heterocycles. The highest BCUT2D eigenvalue weighted by atomic mass is 16.4. The second kappa shape index (κ2) is 7.55. The second-order valence-corrected chi connectivity index (χ2v) is 5.26. The third-order valence-corrected chi connectivity index (χ3v) is 3.34. The van der Waals surface area contributed by atoms with E-state index < -0.39 is 36.0 Å². The summed E-state index contributed by atoms with van der Waals surface area (Å²) in [6, 6.07) is 6.22. The minimum Gasteiger partial charge on any atom is -0.481 e. The van der Waals surface area contributed by atoms with E-state index >= 15 is 0 Å². The number of rotatable bonds is 4. The number of nitrogens with two attached hydrogens (primary N) is 1. The fourth-order valence-electron chi connectivity index (χ4n) is 2.15. The summed E-state index contributed by atoms with van der Waals surface area (Å²) in [6.07, 6.45) is 0. The number of benzene rings is 1. The fraction of sp³-hybridized carbons (Fsp3) is 0.333. The Balaban J connectivity index is 0.000000648. The number of hydrogen-bond donors (Lipinski definition) is 4. The number of carbonyl (C=O) groups excluding carboxylic acids is 2. The Kier molecular flexibility index (Phi) is 6.01. The van der Waals surface area contributed by atoms with Crippen molar-refractivity contribution in [3.8, 4) is 0 Å². The number of carbonyl (C=O) groups is 4. The molecule has 0 bridgehead atoms. The molecular weight excluding hydrogens is 318 g/mol. The van der Waals surface area contributed by atoms with Gasteiger partial charge in [0.25, 0.3) is 11.9 Å². The first-order chi connectivity index (χ1) is 11.1. The molecule has 9 heteroatoms. The van der Waals surface area contributed by atoms with Crippen LogP contribution in [0.2, 0.25) is 0 Å². The van der Waals surface area contributed by atoms with Gasteiger partial charge in [-0.3, -0.25) is 19.3 Å². The Morgan fingerprint density at radius 2 is 1.71 bits per heavy atom. The second-order valence-electron chi connectivity index (χ2n) is 5.26. The van der Waals surface area contributed by atoms with Crippen LogP contribution in [-0.2, 0) is 26.5 Å². The first-order valence-corrected chi connectivity index (χ1v) is 6.96. The fourth-order valence-corrected chi connectivity index (χ4v) is 2.15. The molecule has 2 rings (SSSR count). The molecule has 1 fully saturated rings. The maximum Gasteiger partial charge on any atom is 0.325 e. The molecule has 0 aliphatic carbocycles. The number of imide groups is 1. The molecule has 9 nitrogen and oxygen atoms in total. The van der Waals surface area contributed by atoms with Crippen LogP contribution < -0.4 is 11.1 Å². The third-order valence-electron chi connectivity index (χ3n) is 3.34. The van der Waals surface area contributed by atoms with Gasteiger partial charge in [0, 0.05) is 13.5 Å². The number of carboxylic acids is 2. The summed E-state index contributed by atoms with van der Waals surface area (Å²) in [7, 11) is 0. The first kappa shape index (κ1) is 19.1. The number of aliphatic carboxylic acids is 2. The van der Waals surface area contributed by atoms with Gasteiger partial charge in [-0.2, -0.15) is 0 Å². The number of nitrogens with one attached hydrogen (secondary N) is 1. The smallest absolute Gasteiger partial charge is 0.325 e. The first-order valence-electron chi connectivity index (χ1n) is 6.96. The van der Waals surface area contributed by atoms with Gasteiger partial charge in [-0.25, -0.2) is 4.79 Å². The third kappa shape index (κ3) is 4.29. The van der Waals surface area contributed by atoms with Gasteiger partial charge in [-0.05, 0) is 18.1 Å². The largest absolute Gasteiger partial charge is 0.481 e. The van der Waals surface area contributed by atoms with Crippen LogP contribution >= 0.6 is 0 Å². The maximum absolute atomic E-state index is 12.3. The average molecular weight is 337 g/mol. The van der Waals surface area contributed by atoms with E-state index in [1.165, 1.54) is 0 Å². The SMILES string of the molecule is CC(=O)O.CC1(c2ccc(CN)cc2)NC(=O)N(CC(=O)O)C1=O. The molecule has 1 heterocycles. The Bertz CT molecular complexity index is 654. The summed E-state index contributed by atoms with van der Waals surface area (Å²) in [6.45, 7) is 2.36. The molecule has 1 aliphatic heterocycles. The van der Waals surface area contributed by atoms with Crippen molar-refractivity contribution in [1.29, 1.82) is 0 Å². The quantitative estimate of drug-likeness (QED) is 0.568. The van der Waals surface area contributed by atoms with Gasteiger partial charge in [0.2, 0.25) is 0 Å². The van der Waals surface area contributed by atoms with E-state index in [0.717, 1.165) is 12.5 Å². The molecule has 0 spiro atoms. The Morgan fingerprint density at radius 3 is 2.12 bits per heavy atom. The zero-order valence-corrected chi connectivity index (χ0v) is 13.3. The predicted octanol–water partition coefficient (Wildman–Crippen LogP) is 0.0878. The zero-order valence-electron chi connectivity index (χ0n) is 13.3. The standard InChI is InChI=1S/C13H15N3O4.C2H4O2/c1-13(9-4-2-8(6-14)3-5-9)11(19)16(7-10(17)18)12(20)15-13;1-2(3)4/h2-5H,6-7,14H2,1H3,(H,15,20)(H,17,18);1H3,(H,3,4). The maximum atomic E-state index is 12.3. The minimum atomic E-state index is -1.25. The van der Waals surface area contributed by atoms with E-state index in [9.17, 15) is 14.4 Å². The number of nitrogens with zero attached hydrogens (tertiary/aromatic N) is 1.